The molecule has 0 spiro atoms. The summed E-state index contributed by atoms with van der Waals surface area (Å²) in [5, 5.41) is 7.36. The zero-order chi connectivity index (χ0) is 9.97. The predicted molar refractivity (Wildman–Crippen MR) is 52.8 cm³/mol. The molecule has 1 atom stereocenters. The summed E-state index contributed by atoms with van der Waals surface area (Å²) in [6.07, 6.45) is 7.27. The molecule has 4 nitrogen and oxygen atoms in total. The lowest BCUT2D eigenvalue weighted by Gasteiger charge is -2.11. The fourth-order valence-corrected chi connectivity index (χ4v) is 1.55. The Labute approximate surface area is 82.5 Å². The largest absolute Gasteiger partial charge is 0.472 e. The molecule has 1 N–H and O–H groups in total. The molecular weight excluding hydrogens is 178 g/mol. The van der Waals surface area contributed by atoms with E-state index in [9.17, 15) is 0 Å². The van der Waals surface area contributed by atoms with Crippen molar-refractivity contribution in [1.29, 1.82) is 0 Å². The minimum atomic E-state index is 0.155. The Balaban J connectivity index is 2.31. The van der Waals surface area contributed by atoms with Crippen LogP contribution in [0.15, 0.2) is 35.4 Å². The maximum atomic E-state index is 5.06. The van der Waals surface area contributed by atoms with E-state index in [0.29, 0.717) is 0 Å². The second-order valence-electron chi connectivity index (χ2n) is 3.23. The number of hydrogen-bond donors (Lipinski definition) is 1. The van der Waals surface area contributed by atoms with Gasteiger partial charge in [-0.3, -0.25) is 4.68 Å². The highest BCUT2D eigenvalue weighted by atomic mass is 16.3. The summed E-state index contributed by atoms with van der Waals surface area (Å²) in [6, 6.07) is 2.11. The molecule has 4 heteroatoms. The molecule has 0 bridgehead atoms. The van der Waals surface area contributed by atoms with Crippen LogP contribution >= 0.6 is 0 Å². The van der Waals surface area contributed by atoms with Crippen LogP contribution in [0.1, 0.15) is 17.2 Å². The maximum absolute atomic E-state index is 5.06. The molecule has 14 heavy (non-hydrogen) atoms. The Kier molecular flexibility index (Phi) is 2.37. The summed E-state index contributed by atoms with van der Waals surface area (Å²) in [6.45, 7) is 0. The Bertz CT molecular complexity index is 391. The Morgan fingerprint density at radius 1 is 1.50 bits per heavy atom. The van der Waals surface area contributed by atoms with Crippen LogP contribution in [-0.2, 0) is 7.05 Å². The smallest absolute Gasteiger partial charge is 0.0953 e. The number of aryl methyl sites for hydroxylation is 1. The van der Waals surface area contributed by atoms with Gasteiger partial charge in [0, 0.05) is 24.4 Å². The van der Waals surface area contributed by atoms with E-state index in [1.807, 2.05) is 32.6 Å². The lowest BCUT2D eigenvalue weighted by molar-refractivity contribution is 0.557. The molecule has 0 saturated carbocycles. The van der Waals surface area contributed by atoms with E-state index in [1.54, 1.807) is 17.2 Å². The van der Waals surface area contributed by atoms with E-state index < -0.39 is 0 Å². The van der Waals surface area contributed by atoms with Crippen molar-refractivity contribution in [3.05, 3.63) is 42.1 Å². The van der Waals surface area contributed by atoms with E-state index in [0.717, 1.165) is 11.1 Å². The molecule has 2 rings (SSSR count). The molecule has 0 fully saturated rings. The van der Waals surface area contributed by atoms with Crippen LogP contribution < -0.4 is 5.32 Å². The first kappa shape index (κ1) is 9.02. The van der Waals surface area contributed by atoms with Crippen molar-refractivity contribution in [1.82, 2.24) is 15.1 Å². The molecule has 2 aromatic heterocycles. The highest BCUT2D eigenvalue weighted by Gasteiger charge is 2.14. The van der Waals surface area contributed by atoms with E-state index in [-0.39, 0.29) is 6.04 Å². The Hall–Kier alpha value is -1.55. The molecule has 2 heterocycles. The van der Waals surface area contributed by atoms with Gasteiger partial charge in [-0.1, -0.05) is 0 Å². The molecule has 1 unspecified atom stereocenters. The van der Waals surface area contributed by atoms with E-state index >= 15 is 0 Å². The maximum Gasteiger partial charge on any atom is 0.0953 e. The molecule has 0 aromatic carbocycles. The van der Waals surface area contributed by atoms with Crippen molar-refractivity contribution in [2.24, 2.45) is 7.05 Å². The first-order valence-corrected chi connectivity index (χ1v) is 4.49. The van der Waals surface area contributed by atoms with Crippen molar-refractivity contribution < 1.29 is 4.42 Å². The van der Waals surface area contributed by atoms with Gasteiger partial charge in [0.25, 0.3) is 0 Å². The third-order valence-corrected chi connectivity index (χ3v) is 2.22. The number of furan rings is 1. The summed E-state index contributed by atoms with van der Waals surface area (Å²) in [4.78, 5) is 0. The van der Waals surface area contributed by atoms with Crippen LogP contribution in [0.25, 0.3) is 0 Å². The fourth-order valence-electron chi connectivity index (χ4n) is 1.55. The zero-order valence-electron chi connectivity index (χ0n) is 8.27. The van der Waals surface area contributed by atoms with Crippen molar-refractivity contribution in [3.63, 3.8) is 0 Å². The van der Waals surface area contributed by atoms with Gasteiger partial charge in [-0.15, -0.1) is 0 Å². The van der Waals surface area contributed by atoms with Crippen molar-refractivity contribution in [2.75, 3.05) is 7.05 Å². The van der Waals surface area contributed by atoms with Crippen molar-refractivity contribution >= 4 is 0 Å². The predicted octanol–water partition coefficient (Wildman–Crippen LogP) is 1.32. The summed E-state index contributed by atoms with van der Waals surface area (Å²) < 4.78 is 6.85. The van der Waals surface area contributed by atoms with E-state index in [4.69, 9.17) is 4.42 Å². The molecule has 0 amide bonds. The van der Waals surface area contributed by atoms with Gasteiger partial charge in [-0.25, -0.2) is 0 Å². The summed E-state index contributed by atoms with van der Waals surface area (Å²) in [7, 11) is 3.83. The van der Waals surface area contributed by atoms with E-state index in [2.05, 4.69) is 10.4 Å². The molecule has 2 aromatic rings. The van der Waals surface area contributed by atoms with Gasteiger partial charge in [0.1, 0.15) is 0 Å². The van der Waals surface area contributed by atoms with Gasteiger partial charge >= 0.3 is 0 Å². The van der Waals surface area contributed by atoms with Crippen molar-refractivity contribution in [2.45, 2.75) is 6.04 Å². The number of nitrogens with zero attached hydrogens (tertiary/aromatic N) is 2. The van der Waals surface area contributed by atoms with Crippen molar-refractivity contribution in [3.8, 4) is 0 Å². The molecule has 0 aliphatic rings. The summed E-state index contributed by atoms with van der Waals surface area (Å²) >= 11 is 0. The van der Waals surface area contributed by atoms with Gasteiger partial charge in [0.15, 0.2) is 0 Å². The fraction of sp³-hybridized carbons (Fsp3) is 0.300. The average Bonchev–Trinajstić information content (AvgIpc) is 2.79. The second kappa shape index (κ2) is 3.67. The van der Waals surface area contributed by atoms with Crippen LogP contribution in [0.3, 0.4) is 0 Å². The van der Waals surface area contributed by atoms with Crippen LogP contribution in [0.2, 0.25) is 0 Å². The first-order valence-electron chi connectivity index (χ1n) is 4.49. The molecule has 0 aliphatic heterocycles. The highest BCUT2D eigenvalue weighted by molar-refractivity contribution is 5.25. The van der Waals surface area contributed by atoms with Crippen LogP contribution in [0.5, 0.6) is 0 Å². The zero-order valence-corrected chi connectivity index (χ0v) is 8.27. The SMILES string of the molecule is CNC(c1ccoc1)c1cnn(C)c1. The number of nitrogens with one attached hydrogen (secondary N) is 1. The Morgan fingerprint density at radius 2 is 2.36 bits per heavy atom. The lowest BCUT2D eigenvalue weighted by atomic mass is 10.1. The van der Waals surface area contributed by atoms with Crippen LogP contribution in [0, 0.1) is 0 Å². The number of aromatic nitrogens is 2. The Morgan fingerprint density at radius 3 is 2.86 bits per heavy atom. The quantitative estimate of drug-likeness (QED) is 0.795. The topological polar surface area (TPSA) is 43.0 Å². The molecule has 74 valence electrons. The van der Waals surface area contributed by atoms with Gasteiger partial charge < -0.3 is 9.73 Å². The minimum absolute atomic E-state index is 0.155. The van der Waals surface area contributed by atoms with E-state index in [1.165, 1.54) is 0 Å². The normalized spacial score (nSPS) is 13.0. The molecule has 0 radical (unpaired) electrons. The van der Waals surface area contributed by atoms with Crippen LogP contribution in [0.4, 0.5) is 0 Å². The number of hydrogen-bond acceptors (Lipinski definition) is 3. The van der Waals surface area contributed by atoms with Gasteiger partial charge in [-0.05, 0) is 13.1 Å². The second-order valence-corrected chi connectivity index (χ2v) is 3.23. The van der Waals surface area contributed by atoms with Gasteiger partial charge in [0.05, 0.1) is 24.8 Å². The van der Waals surface area contributed by atoms with Gasteiger partial charge in [0.2, 0.25) is 0 Å². The average molecular weight is 191 g/mol. The molecular formula is C10H13N3O. The highest BCUT2D eigenvalue weighted by Crippen LogP contribution is 2.20. The third kappa shape index (κ3) is 1.56. The number of rotatable bonds is 3. The lowest BCUT2D eigenvalue weighted by Crippen LogP contribution is -2.16. The molecule has 0 saturated heterocycles. The third-order valence-electron chi connectivity index (χ3n) is 2.22. The standard InChI is InChI=1S/C10H13N3O/c1-11-10(8-3-4-14-7-8)9-5-12-13(2)6-9/h3-7,10-11H,1-2H3. The molecule has 0 aliphatic carbocycles. The summed E-state index contributed by atoms with van der Waals surface area (Å²) in [5.41, 5.74) is 2.25. The summed E-state index contributed by atoms with van der Waals surface area (Å²) in [5.74, 6) is 0. The monoisotopic (exact) mass is 191 g/mol. The van der Waals surface area contributed by atoms with Crippen LogP contribution in [-0.4, -0.2) is 16.8 Å². The van der Waals surface area contributed by atoms with Gasteiger partial charge in [-0.2, -0.15) is 5.10 Å². The first-order chi connectivity index (χ1) is 6.81. The minimum Gasteiger partial charge on any atom is -0.472 e.